The van der Waals surface area contributed by atoms with Crippen LogP contribution >= 0.6 is 23.2 Å². The number of aromatic nitrogens is 2. The van der Waals surface area contributed by atoms with Crippen molar-refractivity contribution in [2.75, 3.05) is 13.1 Å². The minimum atomic E-state index is 0.159. The molecule has 1 N–H and O–H groups in total. The maximum atomic E-state index is 5.88. The zero-order valence-electron chi connectivity index (χ0n) is 8.04. The van der Waals surface area contributed by atoms with Gasteiger partial charge in [0.25, 0.3) is 0 Å². The lowest BCUT2D eigenvalue weighted by Gasteiger charge is -2.10. The summed E-state index contributed by atoms with van der Waals surface area (Å²) < 4.78 is 5.64. The quantitative estimate of drug-likeness (QED) is 0.652. The minimum absolute atomic E-state index is 0.159. The van der Waals surface area contributed by atoms with Crippen LogP contribution in [0, 0.1) is 0 Å². The van der Waals surface area contributed by atoms with Crippen molar-refractivity contribution in [2.24, 2.45) is 0 Å². The molecule has 4 nitrogen and oxygen atoms in total. The normalized spacial score (nSPS) is 20.8. The van der Waals surface area contributed by atoms with Crippen LogP contribution < -0.4 is 5.32 Å². The van der Waals surface area contributed by atoms with Gasteiger partial charge in [-0.2, -0.15) is 0 Å². The molecule has 1 atom stereocenters. The number of halogens is 2. The Morgan fingerprint density at radius 1 is 1.53 bits per heavy atom. The molecule has 2 rings (SSSR count). The van der Waals surface area contributed by atoms with E-state index in [-0.39, 0.29) is 11.4 Å². The van der Waals surface area contributed by atoms with Gasteiger partial charge in [-0.05, 0) is 24.6 Å². The molecular weight excluding hydrogens is 237 g/mol. The average Bonchev–Trinajstić information content (AvgIpc) is 2.69. The molecule has 1 fully saturated rings. The van der Waals surface area contributed by atoms with Crippen molar-refractivity contribution in [3.63, 3.8) is 0 Å². The molecule has 6 heteroatoms. The number of nitrogens with zero attached hydrogens (tertiary/aromatic N) is 2. The Bertz CT molecular complexity index is 342. The first kappa shape index (κ1) is 11.1. The fourth-order valence-corrected chi connectivity index (χ4v) is 1.80. The smallest absolute Gasteiger partial charge is 0.223 e. The summed E-state index contributed by atoms with van der Waals surface area (Å²) in [5.74, 6) is 0. The fraction of sp³-hybridized carbons (Fsp3) is 0.556. The molecule has 0 radical (unpaired) electrons. The summed E-state index contributed by atoms with van der Waals surface area (Å²) in [7, 11) is 0. The highest BCUT2D eigenvalue weighted by Gasteiger charge is 2.15. The topological polar surface area (TPSA) is 47.0 Å². The van der Waals surface area contributed by atoms with E-state index in [0.717, 1.165) is 25.1 Å². The summed E-state index contributed by atoms with van der Waals surface area (Å²) in [5.41, 5.74) is 0.771. The number of hydrogen-bond acceptors (Lipinski definition) is 4. The van der Waals surface area contributed by atoms with Crippen molar-refractivity contribution in [1.82, 2.24) is 15.3 Å². The van der Waals surface area contributed by atoms with Gasteiger partial charge < -0.3 is 10.1 Å². The molecule has 2 heterocycles. The summed E-state index contributed by atoms with van der Waals surface area (Å²) in [5, 5.41) is 3.74. The van der Waals surface area contributed by atoms with E-state index in [4.69, 9.17) is 27.9 Å². The first-order chi connectivity index (χ1) is 7.25. The molecule has 1 aromatic heterocycles. The predicted octanol–water partition coefficient (Wildman–Crippen LogP) is 1.66. The number of ether oxygens (including phenoxy) is 1. The van der Waals surface area contributed by atoms with Gasteiger partial charge in [-0.15, -0.1) is 0 Å². The van der Waals surface area contributed by atoms with Crippen LogP contribution in [0.15, 0.2) is 6.20 Å². The molecule has 0 saturated carbocycles. The van der Waals surface area contributed by atoms with Gasteiger partial charge in [-0.1, -0.05) is 11.6 Å². The van der Waals surface area contributed by atoms with Crippen LogP contribution in [0.1, 0.15) is 12.0 Å². The summed E-state index contributed by atoms with van der Waals surface area (Å²) in [4.78, 5) is 7.70. The zero-order chi connectivity index (χ0) is 10.7. The minimum Gasteiger partial charge on any atom is -0.372 e. The second-order valence-corrected chi connectivity index (χ2v) is 4.08. The van der Waals surface area contributed by atoms with Crippen molar-refractivity contribution in [3.8, 4) is 0 Å². The Kier molecular flexibility index (Phi) is 3.75. The van der Waals surface area contributed by atoms with Gasteiger partial charge in [-0.25, -0.2) is 9.97 Å². The molecule has 0 unspecified atom stereocenters. The van der Waals surface area contributed by atoms with E-state index in [2.05, 4.69) is 15.3 Å². The van der Waals surface area contributed by atoms with E-state index >= 15 is 0 Å². The van der Waals surface area contributed by atoms with E-state index < -0.39 is 0 Å². The van der Waals surface area contributed by atoms with Crippen molar-refractivity contribution in [2.45, 2.75) is 19.1 Å². The highest BCUT2D eigenvalue weighted by Crippen LogP contribution is 2.16. The summed E-state index contributed by atoms with van der Waals surface area (Å²) >= 11 is 11.5. The van der Waals surface area contributed by atoms with Crippen molar-refractivity contribution >= 4 is 23.2 Å². The lowest BCUT2D eigenvalue weighted by Crippen LogP contribution is -2.16. The molecular formula is C9H11Cl2N3O. The van der Waals surface area contributed by atoms with Crippen molar-refractivity contribution in [1.29, 1.82) is 0 Å². The van der Waals surface area contributed by atoms with Gasteiger partial charge in [0.2, 0.25) is 5.28 Å². The van der Waals surface area contributed by atoms with Gasteiger partial charge in [0.05, 0.1) is 12.7 Å². The summed E-state index contributed by atoms with van der Waals surface area (Å²) in [6.45, 7) is 2.34. The molecule has 0 bridgehead atoms. The molecule has 0 spiro atoms. The Morgan fingerprint density at radius 3 is 3.07 bits per heavy atom. The van der Waals surface area contributed by atoms with E-state index in [1.165, 1.54) is 0 Å². The van der Waals surface area contributed by atoms with Crippen LogP contribution in [0.4, 0.5) is 0 Å². The maximum Gasteiger partial charge on any atom is 0.223 e. The molecule has 0 amide bonds. The van der Waals surface area contributed by atoms with E-state index in [9.17, 15) is 0 Å². The van der Waals surface area contributed by atoms with Crippen molar-refractivity contribution < 1.29 is 4.74 Å². The molecule has 0 aromatic carbocycles. The Labute approximate surface area is 98.0 Å². The number of rotatable bonds is 3. The predicted molar refractivity (Wildman–Crippen MR) is 58.1 cm³/mol. The highest BCUT2D eigenvalue weighted by molar-refractivity contribution is 6.32. The van der Waals surface area contributed by atoms with Gasteiger partial charge in [0.15, 0.2) is 0 Å². The second kappa shape index (κ2) is 5.07. The molecule has 0 aliphatic carbocycles. The van der Waals surface area contributed by atoms with Crippen LogP contribution in [0.25, 0.3) is 0 Å². The number of hydrogen-bond donors (Lipinski definition) is 1. The maximum absolute atomic E-state index is 5.88. The third-order valence-corrected chi connectivity index (χ3v) is 2.78. The Hall–Kier alpha value is -0.420. The monoisotopic (exact) mass is 247 g/mol. The van der Waals surface area contributed by atoms with Crippen LogP contribution in [-0.2, 0) is 11.3 Å². The van der Waals surface area contributed by atoms with Crippen LogP contribution in [0.5, 0.6) is 0 Å². The third kappa shape index (κ3) is 3.01. The van der Waals surface area contributed by atoms with Crippen molar-refractivity contribution in [3.05, 3.63) is 22.2 Å². The standard InChI is InChI=1S/C9H11Cl2N3O/c10-8-6(3-13-9(11)14-8)5-15-7-1-2-12-4-7/h3,7,12H,1-2,4-5H2/t7-/m1/s1. The second-order valence-electron chi connectivity index (χ2n) is 3.38. The van der Waals surface area contributed by atoms with Crippen LogP contribution in [-0.4, -0.2) is 29.2 Å². The average molecular weight is 248 g/mol. The fourth-order valence-electron chi connectivity index (χ4n) is 1.44. The van der Waals surface area contributed by atoms with E-state index in [1.54, 1.807) is 6.20 Å². The lowest BCUT2D eigenvalue weighted by molar-refractivity contribution is 0.0539. The van der Waals surface area contributed by atoms with Gasteiger partial charge in [0, 0.05) is 18.3 Å². The zero-order valence-corrected chi connectivity index (χ0v) is 9.55. The van der Waals surface area contributed by atoms with Gasteiger partial charge in [-0.3, -0.25) is 0 Å². The third-order valence-electron chi connectivity index (χ3n) is 2.27. The Balaban J connectivity index is 1.92. The molecule has 1 aliphatic rings. The largest absolute Gasteiger partial charge is 0.372 e. The van der Waals surface area contributed by atoms with Gasteiger partial charge >= 0.3 is 0 Å². The van der Waals surface area contributed by atoms with E-state index in [0.29, 0.717) is 11.8 Å². The molecule has 1 aliphatic heterocycles. The lowest BCUT2D eigenvalue weighted by atomic mass is 10.3. The summed E-state index contributed by atoms with van der Waals surface area (Å²) in [6, 6.07) is 0. The number of nitrogens with one attached hydrogen (secondary N) is 1. The van der Waals surface area contributed by atoms with Crippen LogP contribution in [0.3, 0.4) is 0 Å². The van der Waals surface area contributed by atoms with Crippen LogP contribution in [0.2, 0.25) is 10.4 Å². The molecule has 1 aromatic rings. The SMILES string of the molecule is Clc1ncc(CO[C@@H]2CCNC2)c(Cl)n1. The van der Waals surface area contributed by atoms with E-state index in [1.807, 2.05) is 0 Å². The highest BCUT2D eigenvalue weighted by atomic mass is 35.5. The molecule has 1 saturated heterocycles. The first-order valence-corrected chi connectivity index (χ1v) is 5.50. The molecule has 82 valence electrons. The first-order valence-electron chi connectivity index (χ1n) is 4.75. The summed E-state index contributed by atoms with van der Waals surface area (Å²) in [6.07, 6.45) is 2.89. The van der Waals surface area contributed by atoms with Gasteiger partial charge in [0.1, 0.15) is 5.15 Å². The molecule has 15 heavy (non-hydrogen) atoms. The Morgan fingerprint density at radius 2 is 2.40 bits per heavy atom.